The zero-order valence-electron chi connectivity index (χ0n) is 7.77. The topological polar surface area (TPSA) is 35.2 Å². The van der Waals surface area contributed by atoms with Gasteiger partial charge in [0.05, 0.1) is 12.7 Å². The number of nitrogens with two attached hydrogens (primary N) is 1. The Labute approximate surface area is 82.7 Å². The lowest BCUT2D eigenvalue weighted by Crippen LogP contribution is -2.20. The van der Waals surface area contributed by atoms with Gasteiger partial charge in [0.15, 0.2) is 0 Å². The van der Waals surface area contributed by atoms with Gasteiger partial charge in [-0.2, -0.15) is 0 Å². The molecule has 1 aromatic heterocycles. The van der Waals surface area contributed by atoms with E-state index in [9.17, 15) is 0 Å². The second-order valence-electron chi connectivity index (χ2n) is 3.68. The highest BCUT2D eigenvalue weighted by Crippen LogP contribution is 2.31. The molecular weight excluding hydrogens is 182 g/mol. The zero-order valence-corrected chi connectivity index (χ0v) is 8.59. The summed E-state index contributed by atoms with van der Waals surface area (Å²) in [6.45, 7) is 2.93. The van der Waals surface area contributed by atoms with Gasteiger partial charge < -0.3 is 10.5 Å². The first-order valence-corrected chi connectivity index (χ1v) is 5.56. The first kappa shape index (κ1) is 9.19. The van der Waals surface area contributed by atoms with Gasteiger partial charge in [-0.25, -0.2) is 0 Å². The van der Waals surface area contributed by atoms with E-state index in [1.54, 1.807) is 11.3 Å². The van der Waals surface area contributed by atoms with Crippen molar-refractivity contribution in [3.05, 3.63) is 22.4 Å². The summed E-state index contributed by atoms with van der Waals surface area (Å²) in [5.41, 5.74) is 6.14. The number of hydrogen-bond donors (Lipinski definition) is 1. The molecule has 0 radical (unpaired) electrons. The van der Waals surface area contributed by atoms with Crippen LogP contribution in [0, 0.1) is 5.92 Å². The molecule has 2 heterocycles. The van der Waals surface area contributed by atoms with Crippen molar-refractivity contribution in [1.82, 2.24) is 0 Å². The summed E-state index contributed by atoms with van der Waals surface area (Å²) in [7, 11) is 0. The lowest BCUT2D eigenvalue weighted by molar-refractivity contribution is 0.118. The standard InChI is InChI=1S/C10H15NOS/c1-7-5-8(6-12-7)10(11)9-3-2-4-13-9/h2-4,7-8,10H,5-6,11H2,1H3. The van der Waals surface area contributed by atoms with Gasteiger partial charge in [-0.15, -0.1) is 11.3 Å². The molecule has 1 aliphatic heterocycles. The van der Waals surface area contributed by atoms with Crippen LogP contribution in [0.5, 0.6) is 0 Å². The van der Waals surface area contributed by atoms with Crippen LogP contribution >= 0.6 is 11.3 Å². The second kappa shape index (κ2) is 3.78. The van der Waals surface area contributed by atoms with Crippen LogP contribution in [0.25, 0.3) is 0 Å². The fourth-order valence-electron chi connectivity index (χ4n) is 1.81. The molecule has 1 fully saturated rings. The third-order valence-corrected chi connectivity index (χ3v) is 3.58. The molecule has 3 heteroatoms. The predicted molar refractivity (Wildman–Crippen MR) is 54.8 cm³/mol. The van der Waals surface area contributed by atoms with Crippen LogP contribution in [-0.4, -0.2) is 12.7 Å². The summed E-state index contributed by atoms with van der Waals surface area (Å²) in [5, 5.41) is 2.08. The van der Waals surface area contributed by atoms with E-state index >= 15 is 0 Å². The number of rotatable bonds is 2. The van der Waals surface area contributed by atoms with E-state index < -0.39 is 0 Å². The number of thiophene rings is 1. The maximum atomic E-state index is 6.14. The normalized spacial score (nSPS) is 30.6. The van der Waals surface area contributed by atoms with Crippen molar-refractivity contribution in [2.45, 2.75) is 25.5 Å². The van der Waals surface area contributed by atoms with Crippen molar-refractivity contribution in [2.24, 2.45) is 11.7 Å². The fraction of sp³-hybridized carbons (Fsp3) is 0.600. The average Bonchev–Trinajstić information content (AvgIpc) is 2.72. The molecule has 0 amide bonds. The smallest absolute Gasteiger partial charge is 0.0551 e. The van der Waals surface area contributed by atoms with Crippen LogP contribution in [0.2, 0.25) is 0 Å². The van der Waals surface area contributed by atoms with Crippen LogP contribution in [0.3, 0.4) is 0 Å². The molecule has 0 aromatic carbocycles. The van der Waals surface area contributed by atoms with Crippen molar-refractivity contribution in [2.75, 3.05) is 6.61 Å². The quantitative estimate of drug-likeness (QED) is 0.788. The molecule has 0 bridgehead atoms. The van der Waals surface area contributed by atoms with Gasteiger partial charge in [0.1, 0.15) is 0 Å². The minimum Gasteiger partial charge on any atom is -0.378 e. The summed E-state index contributed by atoms with van der Waals surface area (Å²) in [5.74, 6) is 0.508. The van der Waals surface area contributed by atoms with Crippen LogP contribution in [0.1, 0.15) is 24.3 Å². The van der Waals surface area contributed by atoms with E-state index in [0.717, 1.165) is 13.0 Å². The van der Waals surface area contributed by atoms with Gasteiger partial charge in [0.25, 0.3) is 0 Å². The van der Waals surface area contributed by atoms with E-state index in [0.29, 0.717) is 12.0 Å². The average molecular weight is 197 g/mol. The number of hydrogen-bond acceptors (Lipinski definition) is 3. The van der Waals surface area contributed by atoms with E-state index in [-0.39, 0.29) is 6.04 Å². The van der Waals surface area contributed by atoms with Crippen LogP contribution in [-0.2, 0) is 4.74 Å². The van der Waals surface area contributed by atoms with Crippen LogP contribution in [0.4, 0.5) is 0 Å². The van der Waals surface area contributed by atoms with Gasteiger partial charge in [-0.05, 0) is 24.8 Å². The van der Waals surface area contributed by atoms with Crippen LogP contribution < -0.4 is 5.73 Å². The van der Waals surface area contributed by atoms with Gasteiger partial charge in [0.2, 0.25) is 0 Å². The zero-order chi connectivity index (χ0) is 9.26. The Morgan fingerprint density at radius 2 is 2.54 bits per heavy atom. The Hall–Kier alpha value is -0.380. The molecule has 3 atom stereocenters. The molecule has 0 spiro atoms. The summed E-state index contributed by atoms with van der Waals surface area (Å²) in [6.07, 6.45) is 1.48. The number of ether oxygens (including phenoxy) is 1. The molecule has 1 saturated heterocycles. The third kappa shape index (κ3) is 1.93. The first-order chi connectivity index (χ1) is 6.27. The molecule has 13 heavy (non-hydrogen) atoms. The van der Waals surface area contributed by atoms with Gasteiger partial charge in [-0.1, -0.05) is 6.07 Å². The highest BCUT2D eigenvalue weighted by molar-refractivity contribution is 7.10. The minimum absolute atomic E-state index is 0.171. The van der Waals surface area contributed by atoms with Crippen molar-refractivity contribution >= 4 is 11.3 Å². The Kier molecular flexibility index (Phi) is 2.67. The molecule has 2 rings (SSSR count). The lowest BCUT2D eigenvalue weighted by Gasteiger charge is -2.15. The van der Waals surface area contributed by atoms with Crippen molar-refractivity contribution < 1.29 is 4.74 Å². The third-order valence-electron chi connectivity index (χ3n) is 2.61. The molecular formula is C10H15NOS. The highest BCUT2D eigenvalue weighted by Gasteiger charge is 2.28. The highest BCUT2D eigenvalue weighted by atomic mass is 32.1. The summed E-state index contributed by atoms with van der Waals surface area (Å²) >= 11 is 1.74. The summed E-state index contributed by atoms with van der Waals surface area (Å²) in [4.78, 5) is 1.28. The van der Waals surface area contributed by atoms with Crippen molar-refractivity contribution in [3.63, 3.8) is 0 Å². The predicted octanol–water partition coefficient (Wildman–Crippen LogP) is 2.17. The minimum atomic E-state index is 0.171. The SMILES string of the molecule is CC1CC(C(N)c2cccs2)CO1. The van der Waals surface area contributed by atoms with Crippen molar-refractivity contribution in [3.8, 4) is 0 Å². The maximum absolute atomic E-state index is 6.14. The van der Waals surface area contributed by atoms with Gasteiger partial charge >= 0.3 is 0 Å². The summed E-state index contributed by atoms with van der Waals surface area (Å²) in [6, 6.07) is 4.34. The molecule has 1 aromatic rings. The molecule has 72 valence electrons. The molecule has 1 aliphatic rings. The Morgan fingerprint density at radius 1 is 1.69 bits per heavy atom. The monoisotopic (exact) mass is 197 g/mol. The van der Waals surface area contributed by atoms with Crippen molar-refractivity contribution in [1.29, 1.82) is 0 Å². The maximum Gasteiger partial charge on any atom is 0.0551 e. The van der Waals surface area contributed by atoms with E-state index in [1.165, 1.54) is 4.88 Å². The second-order valence-corrected chi connectivity index (χ2v) is 4.66. The fourth-order valence-corrected chi connectivity index (χ4v) is 2.63. The summed E-state index contributed by atoms with van der Waals surface area (Å²) < 4.78 is 5.51. The Balaban J connectivity index is 2.02. The largest absolute Gasteiger partial charge is 0.378 e. The molecule has 0 aliphatic carbocycles. The van der Waals surface area contributed by atoms with Gasteiger partial charge in [-0.3, -0.25) is 0 Å². The Bertz CT molecular complexity index is 260. The Morgan fingerprint density at radius 3 is 3.08 bits per heavy atom. The first-order valence-electron chi connectivity index (χ1n) is 4.68. The van der Waals surface area contributed by atoms with Crippen LogP contribution in [0.15, 0.2) is 17.5 Å². The molecule has 3 unspecified atom stereocenters. The molecule has 2 nitrogen and oxygen atoms in total. The van der Waals surface area contributed by atoms with E-state index in [4.69, 9.17) is 10.5 Å². The molecule has 2 N–H and O–H groups in total. The lowest BCUT2D eigenvalue weighted by atomic mass is 9.97. The van der Waals surface area contributed by atoms with Gasteiger partial charge in [0, 0.05) is 16.8 Å². The van der Waals surface area contributed by atoms with E-state index in [2.05, 4.69) is 24.4 Å². The van der Waals surface area contributed by atoms with E-state index in [1.807, 2.05) is 0 Å². The molecule has 0 saturated carbocycles.